The molecule has 0 aliphatic heterocycles. The van der Waals surface area contributed by atoms with Crippen molar-refractivity contribution in [1.29, 1.82) is 0 Å². The molecule has 194 valence electrons. The van der Waals surface area contributed by atoms with Crippen LogP contribution in [0, 0.1) is 11.3 Å². The van der Waals surface area contributed by atoms with Gasteiger partial charge in [0.2, 0.25) is 11.8 Å². The number of esters is 1. The predicted molar refractivity (Wildman–Crippen MR) is 124 cm³/mol. The predicted octanol–water partition coefficient (Wildman–Crippen LogP) is 5.15. The van der Waals surface area contributed by atoms with Crippen LogP contribution in [-0.2, 0) is 28.5 Å². The molecule has 1 aliphatic rings. The van der Waals surface area contributed by atoms with Crippen LogP contribution in [0.1, 0.15) is 79.9 Å². The number of carbonyl (C=O) groups excluding carboxylic acids is 2. The van der Waals surface area contributed by atoms with Gasteiger partial charge in [0.25, 0.3) is 5.82 Å². The van der Waals surface area contributed by atoms with Crippen molar-refractivity contribution < 1.29 is 32.0 Å². The summed E-state index contributed by atoms with van der Waals surface area (Å²) in [6.45, 7) is 7.50. The summed E-state index contributed by atoms with van der Waals surface area (Å²) in [6, 6.07) is 3.46. The Balaban J connectivity index is 1.61. The van der Waals surface area contributed by atoms with Crippen molar-refractivity contribution in [3.05, 3.63) is 46.7 Å². The number of benzene rings is 1. The van der Waals surface area contributed by atoms with Crippen LogP contribution in [0.25, 0.3) is 10.9 Å². The van der Waals surface area contributed by atoms with E-state index in [2.05, 4.69) is 20.4 Å². The Morgan fingerprint density at radius 3 is 2.72 bits per heavy atom. The number of aryl methyl sites for hydroxylation is 1. The first kappa shape index (κ1) is 25.7. The van der Waals surface area contributed by atoms with Gasteiger partial charge in [-0.1, -0.05) is 39.3 Å². The third-order valence-corrected chi connectivity index (χ3v) is 7.04. The van der Waals surface area contributed by atoms with Gasteiger partial charge in [0.1, 0.15) is 6.04 Å². The number of aromatic nitrogens is 3. The highest BCUT2D eigenvalue weighted by Gasteiger charge is 2.42. The van der Waals surface area contributed by atoms with Crippen molar-refractivity contribution in [1.82, 2.24) is 20.4 Å². The first-order chi connectivity index (χ1) is 17.0. The maximum atomic E-state index is 13.6. The van der Waals surface area contributed by atoms with Gasteiger partial charge < -0.3 is 19.6 Å². The zero-order valence-electron chi connectivity index (χ0n) is 20.6. The number of amides is 1. The zero-order valence-corrected chi connectivity index (χ0v) is 20.6. The first-order valence-corrected chi connectivity index (χ1v) is 12.0. The SMILES string of the molecule is CCOC(=O)c1noc(C(NC(=O)[C@]2(C)CCc3[nH]c4c(C(F)(F)F)cccc4c3C2)[C@@H](C)CC)n1. The third kappa shape index (κ3) is 4.70. The highest BCUT2D eigenvalue weighted by molar-refractivity contribution is 5.90. The Kier molecular flexibility index (Phi) is 6.85. The number of halogens is 3. The summed E-state index contributed by atoms with van der Waals surface area (Å²) in [5, 5.41) is 7.17. The van der Waals surface area contributed by atoms with E-state index in [1.54, 1.807) is 13.0 Å². The minimum absolute atomic E-state index is 0.0505. The Bertz CT molecular complexity index is 1280. The molecule has 1 amide bonds. The second-order valence-electron chi connectivity index (χ2n) is 9.56. The van der Waals surface area contributed by atoms with Gasteiger partial charge >= 0.3 is 12.1 Å². The van der Waals surface area contributed by atoms with E-state index in [4.69, 9.17) is 9.26 Å². The molecule has 0 radical (unpaired) electrons. The van der Waals surface area contributed by atoms with Gasteiger partial charge in [-0.15, -0.1) is 0 Å². The molecule has 1 unspecified atom stereocenters. The van der Waals surface area contributed by atoms with Gasteiger partial charge in [0.05, 0.1) is 23.1 Å². The average Bonchev–Trinajstić information content (AvgIpc) is 3.46. The minimum atomic E-state index is -4.48. The summed E-state index contributed by atoms with van der Waals surface area (Å²) in [6.07, 6.45) is -2.63. The molecule has 8 nitrogen and oxygen atoms in total. The van der Waals surface area contributed by atoms with Gasteiger partial charge in [-0.05, 0) is 48.9 Å². The number of alkyl halides is 3. The van der Waals surface area contributed by atoms with E-state index >= 15 is 0 Å². The van der Waals surface area contributed by atoms with Crippen LogP contribution >= 0.6 is 0 Å². The molecule has 0 fully saturated rings. The monoisotopic (exact) mass is 506 g/mol. The summed E-state index contributed by atoms with van der Waals surface area (Å²) in [4.78, 5) is 32.6. The van der Waals surface area contributed by atoms with Crippen LogP contribution in [0.5, 0.6) is 0 Å². The Hall–Kier alpha value is -3.37. The number of para-hydroxylation sites is 1. The molecule has 2 aromatic heterocycles. The van der Waals surface area contributed by atoms with E-state index in [0.29, 0.717) is 24.6 Å². The van der Waals surface area contributed by atoms with Crippen LogP contribution in [0.2, 0.25) is 0 Å². The molecule has 1 aromatic carbocycles. The number of hydrogen-bond acceptors (Lipinski definition) is 6. The van der Waals surface area contributed by atoms with Crippen molar-refractivity contribution in [3.63, 3.8) is 0 Å². The van der Waals surface area contributed by atoms with Crippen LogP contribution in [-0.4, -0.2) is 33.6 Å². The molecule has 3 atom stereocenters. The van der Waals surface area contributed by atoms with Gasteiger partial charge in [-0.3, -0.25) is 4.79 Å². The number of rotatable bonds is 7. The van der Waals surface area contributed by atoms with Crippen molar-refractivity contribution in [3.8, 4) is 0 Å². The second-order valence-corrected chi connectivity index (χ2v) is 9.56. The van der Waals surface area contributed by atoms with E-state index in [0.717, 1.165) is 17.3 Å². The molecule has 11 heteroatoms. The fourth-order valence-corrected chi connectivity index (χ4v) is 4.69. The Morgan fingerprint density at radius 1 is 1.31 bits per heavy atom. The standard InChI is InChI=1S/C25H29F3N4O4/c1-5-13(3)18(21-31-20(32-36-21)22(33)35-6-2)30-23(34)24(4)11-10-17-15(12-24)14-8-7-9-16(19(14)29-17)25(26,27)28/h7-9,13,18,29H,5-6,10-12H2,1-4H3,(H,30,34)/t13-,18?,24+/m0/s1. The van der Waals surface area contributed by atoms with E-state index in [9.17, 15) is 22.8 Å². The van der Waals surface area contributed by atoms with Crippen molar-refractivity contribution in [2.24, 2.45) is 11.3 Å². The quantitative estimate of drug-likeness (QED) is 0.429. The van der Waals surface area contributed by atoms with Gasteiger partial charge in [0, 0.05) is 11.1 Å². The number of fused-ring (bicyclic) bond motifs is 3. The largest absolute Gasteiger partial charge is 0.460 e. The molecule has 1 aliphatic carbocycles. The highest BCUT2D eigenvalue weighted by Crippen LogP contribution is 2.42. The second kappa shape index (κ2) is 9.59. The van der Waals surface area contributed by atoms with E-state index < -0.39 is 29.2 Å². The molecule has 0 spiro atoms. The lowest BCUT2D eigenvalue weighted by atomic mass is 9.73. The topological polar surface area (TPSA) is 110 Å². The number of nitrogens with one attached hydrogen (secondary N) is 2. The molecule has 4 rings (SSSR count). The molecule has 2 heterocycles. The lowest BCUT2D eigenvalue weighted by Crippen LogP contribution is -2.45. The maximum absolute atomic E-state index is 13.6. The molecule has 3 aromatic rings. The molecule has 0 saturated carbocycles. The normalized spacial score (nSPS) is 19.5. The molecular formula is C25H29F3N4O4. The van der Waals surface area contributed by atoms with Crippen LogP contribution < -0.4 is 5.32 Å². The van der Waals surface area contributed by atoms with Crippen molar-refractivity contribution >= 4 is 22.8 Å². The summed E-state index contributed by atoms with van der Waals surface area (Å²) >= 11 is 0. The van der Waals surface area contributed by atoms with Gasteiger partial charge in [0.15, 0.2) is 0 Å². The smallest absolute Gasteiger partial charge is 0.418 e. The van der Waals surface area contributed by atoms with Crippen LogP contribution in [0.4, 0.5) is 13.2 Å². The van der Waals surface area contributed by atoms with E-state index in [-0.39, 0.29) is 42.1 Å². The van der Waals surface area contributed by atoms with Crippen LogP contribution in [0.3, 0.4) is 0 Å². The van der Waals surface area contributed by atoms with E-state index in [1.807, 2.05) is 20.8 Å². The summed E-state index contributed by atoms with van der Waals surface area (Å²) in [7, 11) is 0. The minimum Gasteiger partial charge on any atom is -0.460 e. The van der Waals surface area contributed by atoms with E-state index in [1.165, 1.54) is 6.07 Å². The fraction of sp³-hybridized carbons (Fsp3) is 0.520. The van der Waals surface area contributed by atoms with Crippen LogP contribution in [0.15, 0.2) is 22.7 Å². The molecule has 36 heavy (non-hydrogen) atoms. The molecular weight excluding hydrogens is 477 g/mol. The number of nitrogens with zero attached hydrogens (tertiary/aromatic N) is 2. The van der Waals surface area contributed by atoms with Crippen molar-refractivity contribution in [2.45, 2.75) is 65.6 Å². The maximum Gasteiger partial charge on any atom is 0.418 e. The number of ether oxygens (including phenoxy) is 1. The molecule has 0 saturated heterocycles. The third-order valence-electron chi connectivity index (χ3n) is 7.04. The Morgan fingerprint density at radius 2 is 2.06 bits per heavy atom. The fourth-order valence-electron chi connectivity index (χ4n) is 4.69. The van der Waals surface area contributed by atoms with Gasteiger partial charge in [-0.2, -0.15) is 18.2 Å². The summed E-state index contributed by atoms with van der Waals surface area (Å²) in [5.74, 6) is -1.19. The number of aromatic amines is 1. The zero-order chi connectivity index (χ0) is 26.3. The number of H-pyrrole nitrogens is 1. The van der Waals surface area contributed by atoms with Crippen molar-refractivity contribution in [2.75, 3.05) is 6.61 Å². The average molecular weight is 507 g/mol. The number of hydrogen-bond donors (Lipinski definition) is 2. The molecule has 0 bridgehead atoms. The highest BCUT2D eigenvalue weighted by atomic mass is 19.4. The number of carbonyl (C=O) groups is 2. The summed E-state index contributed by atoms with van der Waals surface area (Å²) in [5.41, 5.74) is -0.0870. The molecule has 2 N–H and O–H groups in total. The lowest BCUT2D eigenvalue weighted by molar-refractivity contribution is -0.136. The first-order valence-electron chi connectivity index (χ1n) is 12.0. The summed E-state index contributed by atoms with van der Waals surface area (Å²) < 4.78 is 50.8. The van der Waals surface area contributed by atoms with Gasteiger partial charge in [-0.25, -0.2) is 4.79 Å². The lowest BCUT2D eigenvalue weighted by Gasteiger charge is -2.34. The Labute approximate surface area is 206 Å².